The Kier molecular flexibility index (Phi) is 4.87. The molecule has 0 N–H and O–H groups in total. The maximum absolute atomic E-state index is 12.7. The Morgan fingerprint density at radius 1 is 1.15 bits per heavy atom. The van der Waals surface area contributed by atoms with Crippen molar-refractivity contribution in [3.05, 3.63) is 59.1 Å². The van der Waals surface area contributed by atoms with Crippen LogP contribution in [-0.4, -0.2) is 37.6 Å². The van der Waals surface area contributed by atoms with E-state index in [1.807, 2.05) is 30.3 Å². The highest BCUT2D eigenvalue weighted by molar-refractivity contribution is 7.89. The number of hydrogen-bond donors (Lipinski definition) is 0. The van der Waals surface area contributed by atoms with E-state index in [0.717, 1.165) is 14.5 Å². The number of para-hydroxylation sites is 1. The Labute approximate surface area is 155 Å². The monoisotopic (exact) mass is 385 g/mol. The Hall–Kier alpha value is -2.60. The van der Waals surface area contributed by atoms with E-state index in [2.05, 4.69) is 4.98 Å². The SMILES string of the molecule is CN(C)S(=O)(=O)c1ccc(C(=O)C(C#N)c2nc3ccccc3s2)cc1. The number of nitriles is 1. The molecule has 0 amide bonds. The molecule has 132 valence electrons. The number of sulfonamides is 1. The number of hydrogen-bond acceptors (Lipinski definition) is 6. The fourth-order valence-corrected chi connectivity index (χ4v) is 4.32. The fourth-order valence-electron chi connectivity index (χ4n) is 2.41. The molecule has 0 aliphatic heterocycles. The molecule has 0 fully saturated rings. The maximum Gasteiger partial charge on any atom is 0.242 e. The second-order valence-electron chi connectivity index (χ2n) is 5.76. The van der Waals surface area contributed by atoms with Gasteiger partial charge in [-0.2, -0.15) is 5.26 Å². The zero-order valence-corrected chi connectivity index (χ0v) is 15.7. The van der Waals surface area contributed by atoms with Crippen LogP contribution >= 0.6 is 11.3 Å². The molecule has 0 saturated heterocycles. The zero-order valence-electron chi connectivity index (χ0n) is 14.1. The van der Waals surface area contributed by atoms with Gasteiger partial charge in [-0.1, -0.05) is 24.3 Å². The number of aromatic nitrogens is 1. The average Bonchev–Trinajstić information content (AvgIpc) is 3.05. The van der Waals surface area contributed by atoms with Gasteiger partial charge in [-0.25, -0.2) is 17.7 Å². The lowest BCUT2D eigenvalue weighted by Crippen LogP contribution is -2.22. The third-order valence-electron chi connectivity index (χ3n) is 3.87. The molecule has 3 aromatic rings. The lowest BCUT2D eigenvalue weighted by Gasteiger charge is -2.12. The van der Waals surface area contributed by atoms with E-state index in [-0.39, 0.29) is 10.5 Å². The van der Waals surface area contributed by atoms with Crippen molar-refractivity contribution in [1.82, 2.24) is 9.29 Å². The maximum atomic E-state index is 12.7. The van der Waals surface area contributed by atoms with Crippen molar-refractivity contribution >= 4 is 37.4 Å². The third kappa shape index (κ3) is 3.24. The van der Waals surface area contributed by atoms with E-state index >= 15 is 0 Å². The van der Waals surface area contributed by atoms with E-state index in [0.29, 0.717) is 5.01 Å². The van der Waals surface area contributed by atoms with Gasteiger partial charge in [-0.3, -0.25) is 4.79 Å². The third-order valence-corrected chi connectivity index (χ3v) is 6.80. The van der Waals surface area contributed by atoms with Gasteiger partial charge in [0.1, 0.15) is 5.01 Å². The fraction of sp³-hybridized carbons (Fsp3) is 0.167. The summed E-state index contributed by atoms with van der Waals surface area (Å²) in [6.45, 7) is 0. The van der Waals surface area contributed by atoms with Crippen molar-refractivity contribution in [2.24, 2.45) is 0 Å². The number of ketones is 1. The van der Waals surface area contributed by atoms with E-state index < -0.39 is 21.7 Å². The van der Waals surface area contributed by atoms with Crippen molar-refractivity contribution in [2.75, 3.05) is 14.1 Å². The molecule has 6 nitrogen and oxygen atoms in total. The minimum absolute atomic E-state index is 0.0903. The van der Waals surface area contributed by atoms with Crippen LogP contribution in [0.15, 0.2) is 53.4 Å². The van der Waals surface area contributed by atoms with Gasteiger partial charge in [-0.05, 0) is 24.3 Å². The first-order chi connectivity index (χ1) is 12.3. The van der Waals surface area contributed by atoms with Crippen LogP contribution in [0.4, 0.5) is 0 Å². The van der Waals surface area contributed by atoms with Crippen molar-refractivity contribution in [3.63, 3.8) is 0 Å². The molecule has 0 aliphatic carbocycles. The summed E-state index contributed by atoms with van der Waals surface area (Å²) in [7, 11) is -0.692. The molecule has 0 aliphatic rings. The van der Waals surface area contributed by atoms with Gasteiger partial charge in [0.15, 0.2) is 11.7 Å². The van der Waals surface area contributed by atoms with Crippen LogP contribution in [0.25, 0.3) is 10.2 Å². The highest BCUT2D eigenvalue weighted by Gasteiger charge is 2.26. The van der Waals surface area contributed by atoms with Crippen LogP contribution in [0.3, 0.4) is 0 Å². The lowest BCUT2D eigenvalue weighted by molar-refractivity contribution is 0.0979. The van der Waals surface area contributed by atoms with E-state index in [1.54, 1.807) is 0 Å². The second-order valence-corrected chi connectivity index (χ2v) is 8.97. The first-order valence-corrected chi connectivity index (χ1v) is 9.92. The Morgan fingerprint density at radius 2 is 1.81 bits per heavy atom. The molecule has 1 heterocycles. The highest BCUT2D eigenvalue weighted by atomic mass is 32.2. The van der Waals surface area contributed by atoms with Gasteiger partial charge in [-0.15, -0.1) is 11.3 Å². The number of Topliss-reactive ketones (excluding diaryl/α,β-unsaturated/α-hetero) is 1. The van der Waals surface area contributed by atoms with E-state index in [1.165, 1.54) is 49.7 Å². The molecule has 1 aromatic heterocycles. The van der Waals surface area contributed by atoms with E-state index in [4.69, 9.17) is 0 Å². The minimum Gasteiger partial charge on any atom is -0.292 e. The van der Waals surface area contributed by atoms with Gasteiger partial charge in [0.2, 0.25) is 10.0 Å². The number of benzene rings is 2. The first-order valence-electron chi connectivity index (χ1n) is 7.66. The van der Waals surface area contributed by atoms with Crippen LogP contribution in [0.1, 0.15) is 21.3 Å². The standard InChI is InChI=1S/C18H15N3O3S2/c1-21(2)26(23,24)13-9-7-12(8-10-13)17(22)14(11-19)18-20-15-5-3-4-6-16(15)25-18/h3-10,14H,1-2H3. The molecule has 2 aromatic carbocycles. The quantitative estimate of drug-likeness (QED) is 0.630. The Balaban J connectivity index is 1.93. The smallest absolute Gasteiger partial charge is 0.242 e. The van der Waals surface area contributed by atoms with Crippen LogP contribution in [0.5, 0.6) is 0 Å². The highest BCUT2D eigenvalue weighted by Crippen LogP contribution is 2.29. The normalized spacial score (nSPS) is 12.8. The summed E-state index contributed by atoms with van der Waals surface area (Å²) in [5.41, 5.74) is 1.02. The van der Waals surface area contributed by atoms with Crippen molar-refractivity contribution in [2.45, 2.75) is 10.8 Å². The summed E-state index contributed by atoms with van der Waals surface area (Å²) >= 11 is 1.31. The number of rotatable bonds is 5. The molecule has 3 rings (SSSR count). The number of nitrogens with zero attached hydrogens (tertiary/aromatic N) is 3. The Morgan fingerprint density at radius 3 is 2.38 bits per heavy atom. The summed E-state index contributed by atoms with van der Waals surface area (Å²) < 4.78 is 26.2. The molecule has 0 radical (unpaired) electrons. The van der Waals surface area contributed by atoms with E-state index in [9.17, 15) is 18.5 Å². The van der Waals surface area contributed by atoms with Crippen molar-refractivity contribution in [1.29, 1.82) is 5.26 Å². The van der Waals surface area contributed by atoms with Gasteiger partial charge < -0.3 is 0 Å². The lowest BCUT2D eigenvalue weighted by atomic mass is 9.99. The second kappa shape index (κ2) is 6.96. The largest absolute Gasteiger partial charge is 0.292 e. The van der Waals surface area contributed by atoms with Gasteiger partial charge in [0, 0.05) is 19.7 Å². The molecular formula is C18H15N3O3S2. The van der Waals surface area contributed by atoms with Crippen LogP contribution in [-0.2, 0) is 10.0 Å². The average molecular weight is 385 g/mol. The summed E-state index contributed by atoms with van der Waals surface area (Å²) in [6, 6.07) is 15.0. The zero-order chi connectivity index (χ0) is 18.9. The molecule has 0 bridgehead atoms. The number of fused-ring (bicyclic) bond motifs is 1. The molecule has 1 unspecified atom stereocenters. The molecular weight excluding hydrogens is 370 g/mol. The predicted molar refractivity (Wildman–Crippen MR) is 99.6 cm³/mol. The summed E-state index contributed by atoms with van der Waals surface area (Å²) in [5, 5.41) is 9.92. The van der Waals surface area contributed by atoms with Gasteiger partial charge in [0.05, 0.1) is 21.2 Å². The van der Waals surface area contributed by atoms with Crippen LogP contribution < -0.4 is 0 Å². The Bertz CT molecular complexity index is 1080. The summed E-state index contributed by atoms with van der Waals surface area (Å²) in [4.78, 5) is 17.2. The number of carbonyl (C=O) groups excluding carboxylic acids is 1. The van der Waals surface area contributed by atoms with Crippen LogP contribution in [0, 0.1) is 11.3 Å². The van der Waals surface area contributed by atoms with Crippen molar-refractivity contribution in [3.8, 4) is 6.07 Å². The number of carbonyl (C=O) groups is 1. The van der Waals surface area contributed by atoms with Gasteiger partial charge >= 0.3 is 0 Å². The molecule has 26 heavy (non-hydrogen) atoms. The summed E-state index contributed by atoms with van der Waals surface area (Å²) in [6.07, 6.45) is 0. The molecule has 0 spiro atoms. The summed E-state index contributed by atoms with van der Waals surface area (Å²) in [5.74, 6) is -1.43. The molecule has 1 atom stereocenters. The number of thiazole rings is 1. The molecule has 0 saturated carbocycles. The minimum atomic E-state index is -3.57. The van der Waals surface area contributed by atoms with Gasteiger partial charge in [0.25, 0.3) is 0 Å². The predicted octanol–water partition coefficient (Wildman–Crippen LogP) is 3.04. The first kappa shape index (κ1) is 18.2. The topological polar surface area (TPSA) is 91.1 Å². The van der Waals surface area contributed by atoms with Crippen molar-refractivity contribution < 1.29 is 13.2 Å². The van der Waals surface area contributed by atoms with Crippen LogP contribution in [0.2, 0.25) is 0 Å². The molecule has 8 heteroatoms.